The number of carbonyl (C=O) groups excluding carboxylic acids is 2. The van der Waals surface area contributed by atoms with Gasteiger partial charge in [-0.3, -0.25) is 14.3 Å². The maximum atomic E-state index is 13.2. The van der Waals surface area contributed by atoms with E-state index >= 15 is 0 Å². The molecule has 154 valence electrons. The van der Waals surface area contributed by atoms with Gasteiger partial charge in [-0.25, -0.2) is 0 Å². The number of carbonyl (C=O) groups is 2. The first-order valence-electron chi connectivity index (χ1n) is 10.7. The first-order valence-corrected chi connectivity index (χ1v) is 10.7. The minimum Gasteiger partial charge on any atom is -0.351 e. The molecule has 0 spiro atoms. The van der Waals surface area contributed by atoms with E-state index in [1.807, 2.05) is 40.9 Å². The molecule has 1 aromatic heterocycles. The van der Waals surface area contributed by atoms with Crippen molar-refractivity contribution in [1.82, 2.24) is 20.0 Å². The van der Waals surface area contributed by atoms with Crippen LogP contribution in [0, 0.1) is 18.8 Å². The Balaban J connectivity index is 1.43. The summed E-state index contributed by atoms with van der Waals surface area (Å²) in [6, 6.07) is 10.2. The summed E-state index contributed by atoms with van der Waals surface area (Å²) in [7, 11) is 0. The Labute approximate surface area is 172 Å². The van der Waals surface area contributed by atoms with E-state index in [-0.39, 0.29) is 23.8 Å². The molecule has 1 aliphatic heterocycles. The van der Waals surface area contributed by atoms with E-state index in [1.54, 1.807) is 0 Å². The van der Waals surface area contributed by atoms with Crippen LogP contribution in [0.15, 0.2) is 36.5 Å². The maximum Gasteiger partial charge on any atom is 0.257 e. The predicted octanol–water partition coefficient (Wildman–Crippen LogP) is 3.01. The number of nitrogens with zero attached hydrogens (tertiary/aromatic N) is 3. The van der Waals surface area contributed by atoms with Crippen molar-refractivity contribution in [2.75, 3.05) is 13.1 Å². The smallest absolute Gasteiger partial charge is 0.257 e. The number of nitrogens with one attached hydrogen (secondary N) is 1. The first-order chi connectivity index (χ1) is 14.0. The van der Waals surface area contributed by atoms with Crippen molar-refractivity contribution in [3.05, 3.63) is 53.3 Å². The highest BCUT2D eigenvalue weighted by atomic mass is 16.2. The van der Waals surface area contributed by atoms with E-state index in [0.717, 1.165) is 36.9 Å². The van der Waals surface area contributed by atoms with Gasteiger partial charge in [-0.05, 0) is 37.7 Å². The number of likely N-dealkylation sites (tertiary alicyclic amines) is 1. The van der Waals surface area contributed by atoms with Crippen molar-refractivity contribution in [3.63, 3.8) is 0 Å². The van der Waals surface area contributed by atoms with E-state index in [1.165, 1.54) is 0 Å². The van der Waals surface area contributed by atoms with Crippen LogP contribution < -0.4 is 5.32 Å². The molecule has 6 heteroatoms. The summed E-state index contributed by atoms with van der Waals surface area (Å²) in [4.78, 5) is 27.5. The topological polar surface area (TPSA) is 67.2 Å². The van der Waals surface area contributed by atoms with Crippen LogP contribution in [0.3, 0.4) is 0 Å². The average Bonchev–Trinajstić information content (AvgIpc) is 3.23. The number of aryl methyl sites for hydroxylation is 1. The molecule has 0 radical (unpaired) electrons. The highest BCUT2D eigenvalue weighted by Gasteiger charge is 2.37. The molecule has 1 saturated heterocycles. The molecule has 0 bridgehead atoms. The second-order valence-corrected chi connectivity index (χ2v) is 8.43. The number of hydrogen-bond acceptors (Lipinski definition) is 3. The van der Waals surface area contributed by atoms with Gasteiger partial charge in [0.1, 0.15) is 0 Å². The Kier molecular flexibility index (Phi) is 5.69. The third-order valence-electron chi connectivity index (χ3n) is 6.42. The molecule has 2 aliphatic rings. The van der Waals surface area contributed by atoms with Crippen LogP contribution in [0.25, 0.3) is 0 Å². The minimum atomic E-state index is 0.0145. The number of hydrogen-bond donors (Lipinski definition) is 1. The fraction of sp³-hybridized carbons (Fsp3) is 0.522. The summed E-state index contributed by atoms with van der Waals surface area (Å²) in [5, 5.41) is 7.76. The quantitative estimate of drug-likeness (QED) is 0.819. The summed E-state index contributed by atoms with van der Waals surface area (Å²) in [5.41, 5.74) is 2.56. The van der Waals surface area contributed by atoms with Gasteiger partial charge in [-0.2, -0.15) is 5.10 Å². The van der Waals surface area contributed by atoms with Crippen LogP contribution in [-0.2, 0) is 11.3 Å². The Bertz CT molecular complexity index is 872. The molecule has 1 saturated carbocycles. The number of benzene rings is 1. The molecular formula is C23H30N4O2. The molecule has 2 heterocycles. The molecule has 1 aliphatic carbocycles. The number of amides is 2. The predicted molar refractivity (Wildman–Crippen MR) is 111 cm³/mol. The van der Waals surface area contributed by atoms with E-state index in [0.29, 0.717) is 31.1 Å². The second-order valence-electron chi connectivity index (χ2n) is 8.43. The fourth-order valence-electron chi connectivity index (χ4n) is 4.33. The highest BCUT2D eigenvalue weighted by Crippen LogP contribution is 2.28. The summed E-state index contributed by atoms with van der Waals surface area (Å²) in [5.74, 6) is 0.667. The largest absolute Gasteiger partial charge is 0.351 e. The van der Waals surface area contributed by atoms with Crippen molar-refractivity contribution in [3.8, 4) is 0 Å². The Morgan fingerprint density at radius 1 is 1.17 bits per heavy atom. The average molecular weight is 395 g/mol. The van der Waals surface area contributed by atoms with Crippen LogP contribution in [0.4, 0.5) is 0 Å². The molecule has 2 aromatic rings. The Morgan fingerprint density at radius 3 is 2.59 bits per heavy atom. The monoisotopic (exact) mass is 394 g/mol. The molecule has 2 amide bonds. The Morgan fingerprint density at radius 2 is 1.93 bits per heavy atom. The van der Waals surface area contributed by atoms with Crippen LogP contribution in [-0.4, -0.2) is 45.6 Å². The molecule has 1 N–H and O–H groups in total. The Hall–Kier alpha value is -2.63. The SMILES string of the molecule is CC[C@@H]1CN(C(=O)c2cn(Cc3ccccc3)nc2C)C[C@@H]1NC(=O)C1CCC1. The standard InChI is InChI=1S/C23H30N4O2/c1-3-18-13-26(15-21(18)24-22(28)19-10-7-11-19)23(29)20-14-27(25-16(20)2)12-17-8-5-4-6-9-17/h4-6,8-9,14,18-19,21H,3,7,10-13,15H2,1-2H3,(H,24,28)/t18-,21+/m1/s1. The number of rotatable bonds is 6. The zero-order chi connectivity index (χ0) is 20.4. The summed E-state index contributed by atoms with van der Waals surface area (Å²) < 4.78 is 1.83. The molecule has 6 nitrogen and oxygen atoms in total. The van der Waals surface area contributed by atoms with E-state index < -0.39 is 0 Å². The fourth-order valence-corrected chi connectivity index (χ4v) is 4.33. The molecule has 4 rings (SSSR count). The number of aromatic nitrogens is 2. The van der Waals surface area contributed by atoms with E-state index in [4.69, 9.17) is 0 Å². The van der Waals surface area contributed by atoms with E-state index in [9.17, 15) is 9.59 Å². The van der Waals surface area contributed by atoms with Crippen LogP contribution >= 0.6 is 0 Å². The molecule has 2 atom stereocenters. The zero-order valence-corrected chi connectivity index (χ0v) is 17.3. The lowest BCUT2D eigenvalue weighted by molar-refractivity contribution is -0.128. The lowest BCUT2D eigenvalue weighted by Crippen LogP contribution is -2.45. The van der Waals surface area contributed by atoms with Crippen molar-refractivity contribution in [2.45, 2.75) is 52.1 Å². The van der Waals surface area contributed by atoms with Gasteiger partial charge >= 0.3 is 0 Å². The third-order valence-corrected chi connectivity index (χ3v) is 6.42. The van der Waals surface area contributed by atoms with Crippen LogP contribution in [0.1, 0.15) is 54.2 Å². The van der Waals surface area contributed by atoms with Crippen molar-refractivity contribution in [1.29, 1.82) is 0 Å². The van der Waals surface area contributed by atoms with Crippen molar-refractivity contribution >= 4 is 11.8 Å². The van der Waals surface area contributed by atoms with Crippen molar-refractivity contribution < 1.29 is 9.59 Å². The van der Waals surface area contributed by atoms with Gasteiger partial charge in [0.25, 0.3) is 5.91 Å². The molecule has 29 heavy (non-hydrogen) atoms. The van der Waals surface area contributed by atoms with E-state index in [2.05, 4.69) is 29.5 Å². The molecule has 2 fully saturated rings. The van der Waals surface area contributed by atoms with Gasteiger partial charge < -0.3 is 10.2 Å². The lowest BCUT2D eigenvalue weighted by Gasteiger charge is -2.27. The molecule has 1 aromatic carbocycles. The van der Waals surface area contributed by atoms with Gasteiger partial charge in [0.15, 0.2) is 0 Å². The first kappa shape index (κ1) is 19.7. The maximum absolute atomic E-state index is 13.2. The van der Waals surface area contributed by atoms with Gasteiger partial charge in [0.05, 0.1) is 23.8 Å². The summed E-state index contributed by atoms with van der Waals surface area (Å²) in [6.07, 6.45) is 5.95. The summed E-state index contributed by atoms with van der Waals surface area (Å²) in [6.45, 7) is 5.93. The third kappa shape index (κ3) is 4.21. The van der Waals surface area contributed by atoms with Crippen LogP contribution in [0.5, 0.6) is 0 Å². The molecule has 0 unspecified atom stereocenters. The van der Waals surface area contributed by atoms with Gasteiger partial charge in [-0.1, -0.05) is 43.7 Å². The van der Waals surface area contributed by atoms with Gasteiger partial charge in [0.2, 0.25) is 5.91 Å². The normalized spacial score (nSPS) is 21.8. The van der Waals surface area contributed by atoms with Gasteiger partial charge in [-0.15, -0.1) is 0 Å². The van der Waals surface area contributed by atoms with Crippen molar-refractivity contribution in [2.24, 2.45) is 11.8 Å². The van der Waals surface area contributed by atoms with Gasteiger partial charge in [0, 0.05) is 25.2 Å². The molecular weight excluding hydrogens is 364 g/mol. The second kappa shape index (κ2) is 8.39. The zero-order valence-electron chi connectivity index (χ0n) is 17.3. The minimum absolute atomic E-state index is 0.0145. The van der Waals surface area contributed by atoms with Crippen LogP contribution in [0.2, 0.25) is 0 Å². The highest BCUT2D eigenvalue weighted by molar-refractivity contribution is 5.95. The summed E-state index contributed by atoms with van der Waals surface area (Å²) >= 11 is 0. The lowest BCUT2D eigenvalue weighted by atomic mass is 9.84.